The van der Waals surface area contributed by atoms with E-state index in [0.29, 0.717) is 5.52 Å². The van der Waals surface area contributed by atoms with Crippen LogP contribution in [0.5, 0.6) is 0 Å². The van der Waals surface area contributed by atoms with Crippen LogP contribution < -0.4 is 0 Å². The zero-order valence-corrected chi connectivity index (χ0v) is 13.6. The number of ketones is 1. The summed E-state index contributed by atoms with van der Waals surface area (Å²) in [6.07, 6.45) is 0. The molecule has 1 aromatic heterocycles. The maximum atomic E-state index is 14.0. The Balaban J connectivity index is 1.91. The Bertz CT molecular complexity index is 1160. The molecule has 3 aromatic carbocycles. The minimum atomic E-state index is -1.01. The van der Waals surface area contributed by atoms with Crippen molar-refractivity contribution in [2.24, 2.45) is 0 Å². The maximum absolute atomic E-state index is 14.0. The average Bonchev–Trinajstić information content (AvgIpc) is 3.04. The van der Waals surface area contributed by atoms with Crippen molar-refractivity contribution in [3.8, 4) is 11.4 Å². The molecule has 0 amide bonds. The number of aromatic nitrogens is 2. The van der Waals surface area contributed by atoms with Crippen LogP contribution in [-0.2, 0) is 0 Å². The molecule has 134 valence electrons. The summed E-state index contributed by atoms with van der Waals surface area (Å²) in [6.45, 7) is 0. The molecule has 0 radical (unpaired) electrons. The SMILES string of the molecule is O=C(c1c(F)cccc1F)c1cccc2[nH]c(-c3c(F)cccc3F)nc12. The van der Waals surface area contributed by atoms with E-state index >= 15 is 0 Å². The summed E-state index contributed by atoms with van der Waals surface area (Å²) in [4.78, 5) is 19.5. The quantitative estimate of drug-likeness (QED) is 0.407. The molecule has 0 aliphatic rings. The third-order valence-electron chi connectivity index (χ3n) is 4.15. The number of benzene rings is 3. The van der Waals surface area contributed by atoms with E-state index in [1.54, 1.807) is 6.07 Å². The smallest absolute Gasteiger partial charge is 0.201 e. The monoisotopic (exact) mass is 370 g/mol. The van der Waals surface area contributed by atoms with Gasteiger partial charge in [-0.05, 0) is 36.4 Å². The third-order valence-corrected chi connectivity index (χ3v) is 4.15. The van der Waals surface area contributed by atoms with Crippen molar-refractivity contribution >= 4 is 16.8 Å². The standard InChI is InChI=1S/C20H10F4N2O/c21-11-5-2-6-12(22)16(11)19(27)10-4-1-9-15-18(10)26-20(25-15)17-13(23)7-3-8-14(17)24/h1-9H,(H,25,26). The molecule has 0 aliphatic heterocycles. The topological polar surface area (TPSA) is 45.8 Å². The van der Waals surface area contributed by atoms with Crippen LogP contribution in [0.4, 0.5) is 17.6 Å². The lowest BCUT2D eigenvalue weighted by atomic mass is 10.0. The molecule has 7 heteroatoms. The molecule has 4 rings (SSSR count). The van der Waals surface area contributed by atoms with Crippen molar-refractivity contribution in [3.05, 3.63) is 89.0 Å². The molecule has 0 aliphatic carbocycles. The molecule has 1 N–H and O–H groups in total. The fraction of sp³-hybridized carbons (Fsp3) is 0. The van der Waals surface area contributed by atoms with Crippen molar-refractivity contribution < 1.29 is 22.4 Å². The summed E-state index contributed by atoms with van der Waals surface area (Å²) in [6, 6.07) is 10.8. The van der Waals surface area contributed by atoms with E-state index in [1.165, 1.54) is 18.2 Å². The first-order valence-corrected chi connectivity index (χ1v) is 7.89. The molecule has 0 saturated heterocycles. The predicted molar refractivity (Wildman–Crippen MR) is 91.2 cm³/mol. The van der Waals surface area contributed by atoms with Gasteiger partial charge >= 0.3 is 0 Å². The third kappa shape index (κ3) is 2.77. The fourth-order valence-corrected chi connectivity index (χ4v) is 2.91. The maximum Gasteiger partial charge on any atom is 0.201 e. The lowest BCUT2D eigenvalue weighted by molar-refractivity contribution is 0.103. The van der Waals surface area contributed by atoms with E-state index in [9.17, 15) is 22.4 Å². The number of H-pyrrole nitrogens is 1. The van der Waals surface area contributed by atoms with Crippen LogP contribution in [0.25, 0.3) is 22.4 Å². The minimum Gasteiger partial charge on any atom is -0.338 e. The fourth-order valence-electron chi connectivity index (χ4n) is 2.91. The van der Waals surface area contributed by atoms with E-state index in [-0.39, 0.29) is 22.5 Å². The summed E-state index contributed by atoms with van der Waals surface area (Å²) in [7, 11) is 0. The van der Waals surface area contributed by atoms with Crippen LogP contribution >= 0.6 is 0 Å². The number of rotatable bonds is 3. The van der Waals surface area contributed by atoms with Gasteiger partial charge in [0.05, 0.1) is 22.2 Å². The highest BCUT2D eigenvalue weighted by Crippen LogP contribution is 2.28. The number of para-hydroxylation sites is 1. The number of carbonyl (C=O) groups is 1. The number of nitrogens with one attached hydrogen (secondary N) is 1. The highest BCUT2D eigenvalue weighted by atomic mass is 19.1. The second-order valence-corrected chi connectivity index (χ2v) is 5.81. The Morgan fingerprint density at radius 3 is 1.96 bits per heavy atom. The van der Waals surface area contributed by atoms with Gasteiger partial charge in [-0.1, -0.05) is 18.2 Å². The first kappa shape index (κ1) is 17.0. The molecule has 0 bridgehead atoms. The molecular weight excluding hydrogens is 360 g/mol. The van der Waals surface area contributed by atoms with Crippen molar-refractivity contribution in [2.75, 3.05) is 0 Å². The number of hydrogen-bond donors (Lipinski definition) is 1. The van der Waals surface area contributed by atoms with E-state index in [0.717, 1.165) is 30.3 Å². The molecule has 4 aromatic rings. The zero-order valence-electron chi connectivity index (χ0n) is 13.6. The molecule has 3 nitrogen and oxygen atoms in total. The number of carbonyl (C=O) groups excluding carboxylic acids is 1. The first-order valence-electron chi connectivity index (χ1n) is 7.89. The second-order valence-electron chi connectivity index (χ2n) is 5.81. The number of aromatic amines is 1. The number of imidazole rings is 1. The summed E-state index contributed by atoms with van der Waals surface area (Å²) in [5.41, 5.74) is -0.829. The number of nitrogens with zero attached hydrogens (tertiary/aromatic N) is 1. The summed E-state index contributed by atoms with van der Waals surface area (Å²) in [5.74, 6) is -4.72. The number of fused-ring (bicyclic) bond motifs is 1. The highest BCUT2D eigenvalue weighted by Gasteiger charge is 2.23. The number of hydrogen-bond acceptors (Lipinski definition) is 2. The van der Waals surface area contributed by atoms with Gasteiger partial charge in [-0.3, -0.25) is 4.79 Å². The molecule has 1 heterocycles. The van der Waals surface area contributed by atoms with Crippen LogP contribution in [0.1, 0.15) is 15.9 Å². The van der Waals surface area contributed by atoms with Gasteiger partial charge in [-0.15, -0.1) is 0 Å². The first-order chi connectivity index (χ1) is 13.0. The van der Waals surface area contributed by atoms with E-state index in [2.05, 4.69) is 9.97 Å². The summed E-state index contributed by atoms with van der Waals surface area (Å²) >= 11 is 0. The van der Waals surface area contributed by atoms with Gasteiger partial charge < -0.3 is 4.98 Å². The Labute approximate surface area is 150 Å². The Morgan fingerprint density at radius 2 is 1.33 bits per heavy atom. The van der Waals surface area contributed by atoms with Crippen LogP contribution in [-0.4, -0.2) is 15.8 Å². The van der Waals surface area contributed by atoms with E-state index in [1.807, 2.05) is 0 Å². The van der Waals surface area contributed by atoms with Gasteiger partial charge in [0.15, 0.2) is 0 Å². The van der Waals surface area contributed by atoms with Crippen molar-refractivity contribution in [3.63, 3.8) is 0 Å². The largest absolute Gasteiger partial charge is 0.338 e. The Hall–Kier alpha value is -3.48. The minimum absolute atomic E-state index is 0.0582. The molecule has 0 saturated carbocycles. The summed E-state index contributed by atoms with van der Waals surface area (Å²) in [5, 5.41) is 0. The van der Waals surface area contributed by atoms with Gasteiger partial charge in [0.25, 0.3) is 0 Å². The highest BCUT2D eigenvalue weighted by molar-refractivity contribution is 6.15. The summed E-state index contributed by atoms with van der Waals surface area (Å²) < 4.78 is 56.0. The molecule has 0 atom stereocenters. The van der Waals surface area contributed by atoms with Crippen molar-refractivity contribution in [1.29, 1.82) is 0 Å². The van der Waals surface area contributed by atoms with Crippen LogP contribution in [0.15, 0.2) is 54.6 Å². The van der Waals surface area contributed by atoms with E-state index < -0.39 is 34.6 Å². The van der Waals surface area contributed by atoms with Gasteiger partial charge in [0.1, 0.15) is 34.6 Å². The van der Waals surface area contributed by atoms with Crippen molar-refractivity contribution in [2.45, 2.75) is 0 Å². The normalized spacial score (nSPS) is 11.1. The van der Waals surface area contributed by atoms with Crippen LogP contribution in [0, 0.1) is 23.3 Å². The van der Waals surface area contributed by atoms with Crippen molar-refractivity contribution in [1.82, 2.24) is 9.97 Å². The van der Waals surface area contributed by atoms with Crippen LogP contribution in [0.3, 0.4) is 0 Å². The average molecular weight is 370 g/mol. The van der Waals surface area contributed by atoms with Gasteiger partial charge in [-0.25, -0.2) is 22.5 Å². The lowest BCUT2D eigenvalue weighted by Gasteiger charge is -2.04. The van der Waals surface area contributed by atoms with Gasteiger partial charge in [-0.2, -0.15) is 0 Å². The molecule has 0 unspecified atom stereocenters. The molecule has 0 spiro atoms. The molecular formula is C20H10F4N2O. The second kappa shape index (κ2) is 6.35. The Kier molecular flexibility index (Phi) is 3.99. The predicted octanol–water partition coefficient (Wildman–Crippen LogP) is 5.02. The Morgan fingerprint density at radius 1 is 0.778 bits per heavy atom. The van der Waals surface area contributed by atoms with Gasteiger partial charge in [0, 0.05) is 0 Å². The lowest BCUT2D eigenvalue weighted by Crippen LogP contribution is -2.08. The van der Waals surface area contributed by atoms with E-state index in [4.69, 9.17) is 0 Å². The van der Waals surface area contributed by atoms with Crippen LogP contribution in [0.2, 0.25) is 0 Å². The number of halogens is 4. The molecule has 0 fully saturated rings. The van der Waals surface area contributed by atoms with Gasteiger partial charge in [0.2, 0.25) is 5.78 Å². The zero-order chi connectivity index (χ0) is 19.1. The molecule has 27 heavy (non-hydrogen) atoms.